The number of pyridine rings is 1. The number of ether oxygens (including phenoxy) is 2. The van der Waals surface area contributed by atoms with E-state index in [1.807, 2.05) is 25.1 Å². The second kappa shape index (κ2) is 12.2. The van der Waals surface area contributed by atoms with Gasteiger partial charge in [0.1, 0.15) is 18.4 Å². The predicted molar refractivity (Wildman–Crippen MR) is 135 cm³/mol. The molecular weight excluding hydrogens is 482 g/mol. The Kier molecular flexibility index (Phi) is 9.09. The molecule has 1 N–H and O–H groups in total. The van der Waals surface area contributed by atoms with Crippen molar-refractivity contribution in [2.45, 2.75) is 25.3 Å². The molecule has 1 aliphatic rings. The Morgan fingerprint density at radius 1 is 1.32 bits per heavy atom. The van der Waals surface area contributed by atoms with E-state index in [4.69, 9.17) is 14.7 Å². The molecule has 1 aliphatic heterocycles. The lowest BCUT2D eigenvalue weighted by atomic mass is 10.0. The highest BCUT2D eigenvalue weighted by molar-refractivity contribution is 6.07. The summed E-state index contributed by atoms with van der Waals surface area (Å²) in [6.07, 6.45) is 6.00. The summed E-state index contributed by atoms with van der Waals surface area (Å²) in [7, 11) is 1.59. The van der Waals surface area contributed by atoms with Crippen LogP contribution in [-0.4, -0.2) is 67.1 Å². The van der Waals surface area contributed by atoms with Gasteiger partial charge in [0.2, 0.25) is 5.91 Å². The SMILES string of the molecule is C=C/C(=C\C=C(/C)c1ccc2nccc(C(=O)NCC(=O)N3CC(F)(F)C[C@H]3C#N)c2c1)OCCOC. The Bertz CT molecular complexity index is 1280. The van der Waals surface area contributed by atoms with Crippen LogP contribution in [0.4, 0.5) is 8.78 Å². The summed E-state index contributed by atoms with van der Waals surface area (Å²) in [4.78, 5) is 30.5. The van der Waals surface area contributed by atoms with Gasteiger partial charge >= 0.3 is 0 Å². The third kappa shape index (κ3) is 6.98. The zero-order valence-electron chi connectivity index (χ0n) is 20.7. The lowest BCUT2D eigenvalue weighted by molar-refractivity contribution is -0.131. The number of halogens is 2. The van der Waals surface area contributed by atoms with Crippen molar-refractivity contribution >= 4 is 28.3 Å². The lowest BCUT2D eigenvalue weighted by Gasteiger charge is -2.19. The molecule has 2 amide bonds. The van der Waals surface area contributed by atoms with Crippen molar-refractivity contribution in [1.29, 1.82) is 5.26 Å². The number of alkyl halides is 2. The first-order valence-corrected chi connectivity index (χ1v) is 11.6. The molecule has 0 saturated carbocycles. The van der Waals surface area contributed by atoms with Gasteiger partial charge in [-0.15, -0.1) is 0 Å². The molecule has 10 heteroatoms. The number of aromatic nitrogens is 1. The maximum absolute atomic E-state index is 13.7. The van der Waals surface area contributed by atoms with Crippen molar-refractivity contribution in [2.24, 2.45) is 0 Å². The first kappa shape index (κ1) is 27.5. The van der Waals surface area contributed by atoms with Gasteiger partial charge in [0.05, 0.1) is 36.8 Å². The number of allylic oxidation sites excluding steroid dienone is 4. The smallest absolute Gasteiger partial charge is 0.268 e. The molecule has 0 aliphatic carbocycles. The van der Waals surface area contributed by atoms with Crippen LogP contribution >= 0.6 is 0 Å². The summed E-state index contributed by atoms with van der Waals surface area (Å²) in [5.41, 5.74) is 2.57. The van der Waals surface area contributed by atoms with Gasteiger partial charge in [-0.05, 0) is 48.4 Å². The molecular formula is C27H28F2N4O4. The summed E-state index contributed by atoms with van der Waals surface area (Å²) >= 11 is 0. The van der Waals surface area contributed by atoms with Gasteiger partial charge in [-0.1, -0.05) is 18.7 Å². The van der Waals surface area contributed by atoms with Crippen LogP contribution < -0.4 is 5.32 Å². The van der Waals surface area contributed by atoms with Crippen LogP contribution in [0.5, 0.6) is 0 Å². The normalized spacial score (nSPS) is 17.4. The first-order chi connectivity index (χ1) is 17.7. The van der Waals surface area contributed by atoms with Crippen LogP contribution in [0.1, 0.15) is 29.3 Å². The summed E-state index contributed by atoms with van der Waals surface area (Å²) in [5, 5.41) is 12.1. The average Bonchev–Trinajstić information content (AvgIpc) is 3.22. The number of nitrogens with zero attached hydrogens (tertiary/aromatic N) is 3. The van der Waals surface area contributed by atoms with Gasteiger partial charge in [-0.3, -0.25) is 14.6 Å². The summed E-state index contributed by atoms with van der Waals surface area (Å²) in [6, 6.07) is 7.48. The molecule has 0 radical (unpaired) electrons. The molecule has 1 fully saturated rings. The van der Waals surface area contributed by atoms with Crippen LogP contribution in [0, 0.1) is 11.3 Å². The van der Waals surface area contributed by atoms with Crippen molar-refractivity contribution in [3.63, 3.8) is 0 Å². The summed E-state index contributed by atoms with van der Waals surface area (Å²) in [5.74, 6) is -3.84. The highest BCUT2D eigenvalue weighted by Crippen LogP contribution is 2.31. The number of benzene rings is 1. The number of likely N-dealkylation sites (tertiary alicyclic amines) is 1. The van der Waals surface area contributed by atoms with E-state index in [9.17, 15) is 18.4 Å². The average molecular weight is 511 g/mol. The number of amides is 2. The monoisotopic (exact) mass is 510 g/mol. The number of fused-ring (bicyclic) bond motifs is 1. The van der Waals surface area contributed by atoms with Gasteiger partial charge in [0.15, 0.2) is 0 Å². The molecule has 1 atom stereocenters. The molecule has 1 aromatic carbocycles. The lowest BCUT2D eigenvalue weighted by Crippen LogP contribution is -2.43. The first-order valence-electron chi connectivity index (χ1n) is 11.6. The van der Waals surface area contributed by atoms with Crippen molar-refractivity contribution in [1.82, 2.24) is 15.2 Å². The second-order valence-corrected chi connectivity index (χ2v) is 8.46. The van der Waals surface area contributed by atoms with Crippen molar-refractivity contribution in [3.8, 4) is 6.07 Å². The number of nitriles is 1. The van der Waals surface area contributed by atoms with E-state index in [1.54, 1.807) is 31.4 Å². The number of nitrogens with one attached hydrogen (secondary N) is 1. The molecule has 8 nitrogen and oxygen atoms in total. The Morgan fingerprint density at radius 2 is 2.11 bits per heavy atom. The standard InChI is InChI=1S/C27H28F2N4O4/c1-4-21(37-12-11-36-3)7-5-18(2)19-6-8-24-23(13-19)22(9-10-31-24)26(35)32-16-25(34)33-17-27(28,29)14-20(33)15-30/h4-10,13,20H,1,11-12,14,16-17H2,2-3H3,(H,32,35)/b18-5+,21-7+/t20-/m0/s1. The number of carbonyl (C=O) groups is 2. The van der Waals surface area contributed by atoms with Gasteiger partial charge in [-0.2, -0.15) is 5.26 Å². The van der Waals surface area contributed by atoms with Gasteiger partial charge in [-0.25, -0.2) is 8.78 Å². The maximum atomic E-state index is 13.7. The number of hydrogen-bond acceptors (Lipinski definition) is 6. The van der Waals surface area contributed by atoms with Gasteiger partial charge in [0, 0.05) is 25.1 Å². The molecule has 0 bridgehead atoms. The number of carbonyl (C=O) groups excluding carboxylic acids is 2. The number of methoxy groups -OCH3 is 1. The molecule has 0 unspecified atom stereocenters. The Morgan fingerprint density at radius 3 is 2.81 bits per heavy atom. The van der Waals surface area contributed by atoms with Crippen molar-refractivity contribution < 1.29 is 27.8 Å². The number of hydrogen-bond donors (Lipinski definition) is 1. The minimum atomic E-state index is -3.12. The molecule has 2 aromatic rings. The summed E-state index contributed by atoms with van der Waals surface area (Å²) in [6.45, 7) is 5.13. The molecule has 1 saturated heterocycles. The third-order valence-electron chi connectivity index (χ3n) is 5.84. The molecule has 1 aromatic heterocycles. The Balaban J connectivity index is 1.77. The van der Waals surface area contributed by atoms with Crippen molar-refractivity contribution in [3.05, 3.63) is 72.2 Å². The summed E-state index contributed by atoms with van der Waals surface area (Å²) < 4.78 is 37.9. The highest BCUT2D eigenvalue weighted by atomic mass is 19.3. The predicted octanol–water partition coefficient (Wildman–Crippen LogP) is 3.86. The maximum Gasteiger partial charge on any atom is 0.268 e. The van der Waals surface area contributed by atoms with E-state index in [0.29, 0.717) is 29.9 Å². The minimum Gasteiger partial charge on any atom is -0.491 e. The zero-order chi connectivity index (χ0) is 27.0. The third-order valence-corrected chi connectivity index (χ3v) is 5.84. The molecule has 37 heavy (non-hydrogen) atoms. The molecule has 0 spiro atoms. The number of rotatable bonds is 10. The quantitative estimate of drug-likeness (QED) is 0.296. The van der Waals surface area contributed by atoms with E-state index in [1.165, 1.54) is 12.3 Å². The van der Waals surface area contributed by atoms with E-state index in [-0.39, 0.29) is 5.56 Å². The Hall–Kier alpha value is -4.10. The minimum absolute atomic E-state index is 0.279. The van der Waals surface area contributed by atoms with E-state index < -0.39 is 43.3 Å². The molecule has 2 heterocycles. The fraction of sp³-hybridized carbons (Fsp3) is 0.333. The van der Waals surface area contributed by atoms with Crippen LogP contribution in [0.15, 0.2) is 61.0 Å². The van der Waals surface area contributed by atoms with Crippen LogP contribution in [0.2, 0.25) is 0 Å². The fourth-order valence-electron chi connectivity index (χ4n) is 3.86. The van der Waals surface area contributed by atoms with Gasteiger partial charge in [0.25, 0.3) is 11.8 Å². The van der Waals surface area contributed by atoms with E-state index in [2.05, 4.69) is 16.9 Å². The van der Waals surface area contributed by atoms with E-state index >= 15 is 0 Å². The van der Waals surface area contributed by atoms with Crippen LogP contribution in [0.3, 0.4) is 0 Å². The zero-order valence-corrected chi connectivity index (χ0v) is 20.7. The second-order valence-electron chi connectivity index (χ2n) is 8.46. The largest absolute Gasteiger partial charge is 0.491 e. The van der Waals surface area contributed by atoms with Crippen LogP contribution in [-0.2, 0) is 14.3 Å². The molecule has 3 rings (SSSR count). The van der Waals surface area contributed by atoms with Crippen molar-refractivity contribution in [2.75, 3.05) is 33.4 Å². The highest BCUT2D eigenvalue weighted by Gasteiger charge is 2.47. The van der Waals surface area contributed by atoms with Gasteiger partial charge < -0.3 is 19.7 Å². The van der Waals surface area contributed by atoms with E-state index in [0.717, 1.165) is 16.0 Å². The topological polar surface area (TPSA) is 105 Å². The van der Waals surface area contributed by atoms with Crippen LogP contribution in [0.25, 0.3) is 16.5 Å². The fourth-order valence-corrected chi connectivity index (χ4v) is 3.86. The Labute approximate surface area is 213 Å². The molecule has 194 valence electrons.